The molecule has 2 N–H and O–H groups in total. The van der Waals surface area contributed by atoms with E-state index in [-0.39, 0.29) is 17.9 Å². The maximum absolute atomic E-state index is 12.6. The second-order valence-electron chi connectivity index (χ2n) is 6.77. The first kappa shape index (κ1) is 17.3. The molecule has 0 saturated carbocycles. The summed E-state index contributed by atoms with van der Waals surface area (Å²) in [5.41, 5.74) is 1.22. The second-order valence-corrected chi connectivity index (χ2v) is 6.77. The normalized spacial score (nSPS) is 20.3. The topological polar surface area (TPSA) is 104 Å². The van der Waals surface area contributed by atoms with Gasteiger partial charge < -0.3 is 19.8 Å². The number of hydrogen-bond donors (Lipinski definition) is 2. The number of carbonyl (C=O) groups is 1. The van der Waals surface area contributed by atoms with Crippen molar-refractivity contribution in [3.63, 3.8) is 0 Å². The highest BCUT2D eigenvalue weighted by Crippen LogP contribution is 2.23. The molecule has 0 aromatic carbocycles. The molecule has 3 rings (SSSR count). The molecule has 2 atom stereocenters. The zero-order chi connectivity index (χ0) is 18.0. The maximum Gasteiger partial charge on any atom is 0.257 e. The molecule has 1 aliphatic rings. The Morgan fingerprint density at radius 2 is 2.12 bits per heavy atom. The average molecular weight is 345 g/mol. The molecule has 0 radical (unpaired) electrons. The summed E-state index contributed by atoms with van der Waals surface area (Å²) in [6, 6.07) is 2.07. The molecule has 0 aliphatic carbocycles. The fourth-order valence-corrected chi connectivity index (χ4v) is 2.95. The van der Waals surface area contributed by atoms with E-state index < -0.39 is 6.10 Å². The molecule has 8 heteroatoms. The van der Waals surface area contributed by atoms with E-state index in [0.29, 0.717) is 31.0 Å². The monoisotopic (exact) mass is 345 g/mol. The molecule has 1 fully saturated rings. The lowest BCUT2D eigenvalue weighted by molar-refractivity contribution is 0.0764. The van der Waals surface area contributed by atoms with E-state index in [9.17, 15) is 9.90 Å². The van der Waals surface area contributed by atoms with Crippen LogP contribution in [0.1, 0.15) is 35.7 Å². The Labute approximate surface area is 146 Å². The predicted octanol–water partition coefficient (Wildman–Crippen LogP) is 1.27. The van der Waals surface area contributed by atoms with E-state index in [0.717, 1.165) is 11.5 Å². The second kappa shape index (κ2) is 7.18. The van der Waals surface area contributed by atoms with Crippen molar-refractivity contribution in [1.82, 2.24) is 20.0 Å². The van der Waals surface area contributed by atoms with Crippen LogP contribution in [0.25, 0.3) is 0 Å². The minimum atomic E-state index is -0.586. The van der Waals surface area contributed by atoms with Crippen LogP contribution in [0.5, 0.6) is 0 Å². The van der Waals surface area contributed by atoms with Crippen LogP contribution in [0.3, 0.4) is 0 Å². The van der Waals surface area contributed by atoms with Crippen LogP contribution in [0.4, 0.5) is 5.95 Å². The fraction of sp³-hybridized carbons (Fsp3) is 0.529. The standard InChI is InChI=1S/C17H23N5O3/c1-10(2)20-17-18-6-13(7-19-17)16(24)22-8-12(15(23)9-22)5-14-4-11(3)21-25-14/h4,6-7,10,12,15,23H,5,8-9H2,1-3H3,(H,18,19,20)/t12-,15+/m1/s1. The van der Waals surface area contributed by atoms with Gasteiger partial charge in [0.2, 0.25) is 5.95 Å². The molecule has 134 valence electrons. The summed E-state index contributed by atoms with van der Waals surface area (Å²) in [4.78, 5) is 22.6. The number of aromatic nitrogens is 3. The van der Waals surface area contributed by atoms with Gasteiger partial charge in [-0.15, -0.1) is 0 Å². The number of aryl methyl sites for hydroxylation is 1. The number of aliphatic hydroxyl groups is 1. The van der Waals surface area contributed by atoms with Crippen LogP contribution >= 0.6 is 0 Å². The highest BCUT2D eigenvalue weighted by Gasteiger charge is 2.35. The molecule has 0 bridgehead atoms. The van der Waals surface area contributed by atoms with Crippen molar-refractivity contribution in [3.8, 4) is 0 Å². The Morgan fingerprint density at radius 1 is 1.40 bits per heavy atom. The minimum Gasteiger partial charge on any atom is -0.391 e. The summed E-state index contributed by atoms with van der Waals surface area (Å²) < 4.78 is 5.21. The van der Waals surface area contributed by atoms with E-state index in [2.05, 4.69) is 20.4 Å². The molecule has 1 amide bonds. The van der Waals surface area contributed by atoms with Gasteiger partial charge in [0.05, 0.1) is 17.4 Å². The van der Waals surface area contributed by atoms with Gasteiger partial charge in [-0.2, -0.15) is 0 Å². The van der Waals surface area contributed by atoms with Gasteiger partial charge in [0.25, 0.3) is 5.91 Å². The van der Waals surface area contributed by atoms with Gasteiger partial charge in [-0.05, 0) is 20.8 Å². The molecule has 3 heterocycles. The van der Waals surface area contributed by atoms with Gasteiger partial charge in [-0.1, -0.05) is 5.16 Å². The van der Waals surface area contributed by atoms with E-state index in [1.54, 1.807) is 4.90 Å². The molecule has 1 aliphatic heterocycles. The third-order valence-corrected chi connectivity index (χ3v) is 4.15. The maximum atomic E-state index is 12.6. The summed E-state index contributed by atoms with van der Waals surface area (Å²) in [6.45, 7) is 6.59. The lowest BCUT2D eigenvalue weighted by Gasteiger charge is -2.16. The number of aliphatic hydroxyl groups excluding tert-OH is 1. The Balaban J connectivity index is 1.63. The number of β-amino-alcohol motifs (C(OH)–C–C–N with tert-alkyl or cyclic N) is 1. The number of anilines is 1. The van der Waals surface area contributed by atoms with Gasteiger partial charge in [0.15, 0.2) is 0 Å². The van der Waals surface area contributed by atoms with Crippen LogP contribution in [0, 0.1) is 12.8 Å². The minimum absolute atomic E-state index is 0.0703. The van der Waals surface area contributed by atoms with Crippen molar-refractivity contribution in [2.45, 2.75) is 39.3 Å². The molecule has 2 aromatic heterocycles. The lowest BCUT2D eigenvalue weighted by Crippen LogP contribution is -2.30. The summed E-state index contributed by atoms with van der Waals surface area (Å²) in [6.07, 6.45) is 3.00. The van der Waals surface area contributed by atoms with Gasteiger partial charge in [0, 0.05) is 49.9 Å². The van der Waals surface area contributed by atoms with E-state index in [4.69, 9.17) is 4.52 Å². The third-order valence-electron chi connectivity index (χ3n) is 4.15. The quantitative estimate of drug-likeness (QED) is 0.841. The van der Waals surface area contributed by atoms with E-state index in [1.165, 1.54) is 12.4 Å². The van der Waals surface area contributed by atoms with Gasteiger partial charge in [-0.25, -0.2) is 9.97 Å². The van der Waals surface area contributed by atoms with Crippen LogP contribution in [-0.4, -0.2) is 56.3 Å². The van der Waals surface area contributed by atoms with Gasteiger partial charge in [-0.3, -0.25) is 4.79 Å². The summed E-state index contributed by atoms with van der Waals surface area (Å²) in [7, 11) is 0. The molecule has 0 unspecified atom stereocenters. The molecule has 25 heavy (non-hydrogen) atoms. The molecule has 8 nitrogen and oxygen atoms in total. The van der Waals surface area contributed by atoms with Crippen LogP contribution in [-0.2, 0) is 6.42 Å². The largest absolute Gasteiger partial charge is 0.391 e. The molecular formula is C17H23N5O3. The van der Waals surface area contributed by atoms with Crippen molar-refractivity contribution >= 4 is 11.9 Å². The number of amides is 1. The summed E-state index contributed by atoms with van der Waals surface area (Å²) >= 11 is 0. The first-order valence-electron chi connectivity index (χ1n) is 8.40. The predicted molar refractivity (Wildman–Crippen MR) is 91.1 cm³/mol. The van der Waals surface area contributed by atoms with Crippen LogP contribution in [0.15, 0.2) is 23.0 Å². The van der Waals surface area contributed by atoms with Crippen molar-refractivity contribution in [1.29, 1.82) is 0 Å². The van der Waals surface area contributed by atoms with Crippen molar-refractivity contribution in [2.24, 2.45) is 5.92 Å². The Bertz CT molecular complexity index is 728. The first-order chi connectivity index (χ1) is 11.9. The van der Waals surface area contributed by atoms with Crippen molar-refractivity contribution in [3.05, 3.63) is 35.5 Å². The smallest absolute Gasteiger partial charge is 0.257 e. The fourth-order valence-electron chi connectivity index (χ4n) is 2.95. The number of likely N-dealkylation sites (tertiary alicyclic amines) is 1. The highest BCUT2D eigenvalue weighted by molar-refractivity contribution is 5.94. The third kappa shape index (κ3) is 4.14. The van der Waals surface area contributed by atoms with Gasteiger partial charge >= 0.3 is 0 Å². The average Bonchev–Trinajstić information content (AvgIpc) is 3.13. The van der Waals surface area contributed by atoms with Crippen LogP contribution < -0.4 is 5.32 Å². The number of nitrogens with zero attached hydrogens (tertiary/aromatic N) is 4. The Morgan fingerprint density at radius 3 is 2.72 bits per heavy atom. The zero-order valence-electron chi connectivity index (χ0n) is 14.6. The Hall–Kier alpha value is -2.48. The summed E-state index contributed by atoms with van der Waals surface area (Å²) in [5, 5.41) is 17.2. The number of carbonyl (C=O) groups excluding carboxylic acids is 1. The van der Waals surface area contributed by atoms with E-state index >= 15 is 0 Å². The number of nitrogens with one attached hydrogen (secondary N) is 1. The number of rotatable bonds is 5. The van der Waals surface area contributed by atoms with E-state index in [1.807, 2.05) is 26.8 Å². The Kier molecular flexibility index (Phi) is 4.98. The lowest BCUT2D eigenvalue weighted by atomic mass is 10.0. The van der Waals surface area contributed by atoms with Crippen LogP contribution in [0.2, 0.25) is 0 Å². The highest BCUT2D eigenvalue weighted by atomic mass is 16.5. The summed E-state index contributed by atoms with van der Waals surface area (Å²) in [5.74, 6) is 0.973. The van der Waals surface area contributed by atoms with Crippen molar-refractivity contribution in [2.75, 3.05) is 18.4 Å². The SMILES string of the molecule is Cc1cc(C[C@@H]2CN(C(=O)c3cnc(NC(C)C)nc3)C[C@@H]2O)on1. The van der Waals surface area contributed by atoms with Crippen molar-refractivity contribution < 1.29 is 14.4 Å². The molecular weight excluding hydrogens is 322 g/mol. The molecule has 1 saturated heterocycles. The molecule has 2 aromatic rings. The number of hydrogen-bond acceptors (Lipinski definition) is 7. The first-order valence-corrected chi connectivity index (χ1v) is 8.40. The molecule has 0 spiro atoms. The van der Waals surface area contributed by atoms with Gasteiger partial charge in [0.1, 0.15) is 5.76 Å². The zero-order valence-corrected chi connectivity index (χ0v) is 14.6.